The monoisotopic (exact) mass is 254 g/mol. The van der Waals surface area contributed by atoms with Crippen LogP contribution in [0.4, 0.5) is 0 Å². The molecule has 16 heavy (non-hydrogen) atoms. The van der Waals surface area contributed by atoms with Crippen molar-refractivity contribution >= 4 is 22.9 Å². The standard InChI is InChI=1S/C13H15ClOS/c1-7-5-9(3)16-13(7)12(14)11-6-8(2)15-10(11)4/h5-6,12H,1-4H3. The number of alkyl halides is 1. The summed E-state index contributed by atoms with van der Waals surface area (Å²) in [5, 5.41) is -0.0869. The van der Waals surface area contributed by atoms with Crippen LogP contribution in [0.3, 0.4) is 0 Å². The van der Waals surface area contributed by atoms with Gasteiger partial charge in [0.2, 0.25) is 0 Å². The highest BCUT2D eigenvalue weighted by atomic mass is 35.5. The fraction of sp³-hybridized carbons (Fsp3) is 0.385. The molecule has 1 atom stereocenters. The molecule has 0 saturated carbocycles. The molecule has 1 unspecified atom stereocenters. The summed E-state index contributed by atoms with van der Waals surface area (Å²) in [6, 6.07) is 4.21. The molecule has 0 N–H and O–H groups in total. The third kappa shape index (κ3) is 2.04. The molecule has 0 radical (unpaired) electrons. The Morgan fingerprint density at radius 2 is 1.88 bits per heavy atom. The van der Waals surface area contributed by atoms with E-state index in [-0.39, 0.29) is 5.38 Å². The minimum atomic E-state index is -0.0869. The van der Waals surface area contributed by atoms with Gasteiger partial charge in [-0.1, -0.05) is 0 Å². The van der Waals surface area contributed by atoms with Crippen LogP contribution in [0.25, 0.3) is 0 Å². The molecular formula is C13H15ClOS. The van der Waals surface area contributed by atoms with Crippen LogP contribution in [0.2, 0.25) is 0 Å². The number of hydrogen-bond acceptors (Lipinski definition) is 2. The van der Waals surface area contributed by atoms with Crippen molar-refractivity contribution in [3.8, 4) is 0 Å². The van der Waals surface area contributed by atoms with E-state index in [9.17, 15) is 0 Å². The maximum Gasteiger partial charge on any atom is 0.106 e. The number of thiophene rings is 1. The molecule has 0 bridgehead atoms. The largest absolute Gasteiger partial charge is 0.466 e. The summed E-state index contributed by atoms with van der Waals surface area (Å²) in [7, 11) is 0. The van der Waals surface area contributed by atoms with Gasteiger partial charge in [-0.15, -0.1) is 22.9 Å². The number of furan rings is 1. The predicted octanol–water partition coefficient (Wildman–Crippen LogP) is 4.90. The molecule has 0 saturated heterocycles. The van der Waals surface area contributed by atoms with Crippen molar-refractivity contribution in [2.45, 2.75) is 33.1 Å². The van der Waals surface area contributed by atoms with Gasteiger partial charge in [-0.25, -0.2) is 0 Å². The Morgan fingerprint density at radius 1 is 1.19 bits per heavy atom. The van der Waals surface area contributed by atoms with E-state index in [1.54, 1.807) is 11.3 Å². The quantitative estimate of drug-likeness (QED) is 0.695. The fourth-order valence-electron chi connectivity index (χ4n) is 1.95. The van der Waals surface area contributed by atoms with Gasteiger partial charge in [-0.2, -0.15) is 0 Å². The van der Waals surface area contributed by atoms with E-state index in [2.05, 4.69) is 19.9 Å². The van der Waals surface area contributed by atoms with E-state index in [4.69, 9.17) is 16.0 Å². The molecule has 0 spiro atoms. The summed E-state index contributed by atoms with van der Waals surface area (Å²) in [6.07, 6.45) is 0. The Morgan fingerprint density at radius 3 is 2.31 bits per heavy atom. The van der Waals surface area contributed by atoms with E-state index < -0.39 is 0 Å². The van der Waals surface area contributed by atoms with E-state index >= 15 is 0 Å². The number of halogens is 1. The SMILES string of the molecule is Cc1cc(C(Cl)c2sc(C)cc2C)c(C)o1. The van der Waals surface area contributed by atoms with Crippen LogP contribution in [0.15, 0.2) is 16.5 Å². The maximum atomic E-state index is 6.52. The smallest absolute Gasteiger partial charge is 0.106 e. The summed E-state index contributed by atoms with van der Waals surface area (Å²) >= 11 is 8.28. The zero-order valence-corrected chi connectivity index (χ0v) is 11.5. The number of aryl methyl sites for hydroxylation is 4. The molecule has 86 valence electrons. The Bertz CT molecular complexity index is 464. The summed E-state index contributed by atoms with van der Waals surface area (Å²) < 4.78 is 5.52. The number of rotatable bonds is 2. The first-order valence-corrected chi connectivity index (χ1v) is 6.52. The highest BCUT2D eigenvalue weighted by Gasteiger charge is 2.20. The van der Waals surface area contributed by atoms with Gasteiger partial charge in [-0.3, -0.25) is 0 Å². The second kappa shape index (κ2) is 4.27. The van der Waals surface area contributed by atoms with Crippen LogP contribution in [0, 0.1) is 27.7 Å². The molecule has 2 aromatic rings. The van der Waals surface area contributed by atoms with Gasteiger partial charge in [-0.05, 0) is 45.4 Å². The lowest BCUT2D eigenvalue weighted by molar-refractivity contribution is 0.501. The molecule has 2 heterocycles. The lowest BCUT2D eigenvalue weighted by Crippen LogP contribution is -1.92. The average molecular weight is 255 g/mol. The van der Waals surface area contributed by atoms with Gasteiger partial charge in [0.25, 0.3) is 0 Å². The molecule has 3 heteroatoms. The Kier molecular flexibility index (Phi) is 3.13. The minimum absolute atomic E-state index is 0.0869. The van der Waals surface area contributed by atoms with E-state index in [0.717, 1.165) is 17.1 Å². The second-order valence-electron chi connectivity index (χ2n) is 4.14. The van der Waals surface area contributed by atoms with Crippen LogP contribution in [0.5, 0.6) is 0 Å². The van der Waals surface area contributed by atoms with E-state index in [1.807, 2.05) is 19.9 Å². The molecule has 2 aromatic heterocycles. The molecular weight excluding hydrogens is 240 g/mol. The molecule has 0 amide bonds. The highest BCUT2D eigenvalue weighted by molar-refractivity contribution is 7.12. The number of hydrogen-bond donors (Lipinski definition) is 0. The maximum absolute atomic E-state index is 6.52. The van der Waals surface area contributed by atoms with Crippen molar-refractivity contribution < 1.29 is 4.42 Å². The Labute approximate surface area is 105 Å². The van der Waals surface area contributed by atoms with Crippen LogP contribution >= 0.6 is 22.9 Å². The van der Waals surface area contributed by atoms with Gasteiger partial charge >= 0.3 is 0 Å². The van der Waals surface area contributed by atoms with Gasteiger partial charge in [0.15, 0.2) is 0 Å². The first kappa shape index (κ1) is 11.7. The molecule has 0 aliphatic carbocycles. The first-order valence-electron chi connectivity index (χ1n) is 5.27. The molecule has 1 nitrogen and oxygen atoms in total. The van der Waals surface area contributed by atoms with Crippen molar-refractivity contribution in [3.63, 3.8) is 0 Å². The molecule has 0 fully saturated rings. The first-order chi connectivity index (χ1) is 7.49. The zero-order chi connectivity index (χ0) is 11.9. The summed E-state index contributed by atoms with van der Waals surface area (Å²) in [5.74, 6) is 1.84. The van der Waals surface area contributed by atoms with Crippen molar-refractivity contribution in [1.82, 2.24) is 0 Å². The third-order valence-electron chi connectivity index (χ3n) is 2.66. The second-order valence-corrected chi connectivity index (χ2v) is 5.86. The summed E-state index contributed by atoms with van der Waals surface area (Å²) in [4.78, 5) is 2.53. The van der Waals surface area contributed by atoms with Crippen molar-refractivity contribution in [3.05, 3.63) is 44.5 Å². The predicted molar refractivity (Wildman–Crippen MR) is 69.7 cm³/mol. The molecule has 0 aliphatic rings. The molecule has 0 aliphatic heterocycles. The highest BCUT2D eigenvalue weighted by Crippen LogP contribution is 2.38. The normalized spacial score (nSPS) is 13.1. The lowest BCUT2D eigenvalue weighted by atomic mass is 10.1. The van der Waals surface area contributed by atoms with Crippen LogP contribution in [-0.2, 0) is 0 Å². The van der Waals surface area contributed by atoms with Crippen LogP contribution < -0.4 is 0 Å². The summed E-state index contributed by atoms with van der Waals surface area (Å²) in [6.45, 7) is 8.13. The fourth-order valence-corrected chi connectivity index (χ4v) is 3.51. The Hall–Kier alpha value is -0.730. The van der Waals surface area contributed by atoms with Gasteiger partial charge in [0.05, 0.1) is 5.38 Å². The zero-order valence-electron chi connectivity index (χ0n) is 9.93. The Balaban J connectivity index is 2.42. The van der Waals surface area contributed by atoms with E-state index in [0.29, 0.717) is 0 Å². The third-order valence-corrected chi connectivity index (χ3v) is 4.46. The minimum Gasteiger partial charge on any atom is -0.466 e. The van der Waals surface area contributed by atoms with Gasteiger partial charge in [0, 0.05) is 15.3 Å². The average Bonchev–Trinajstić information content (AvgIpc) is 2.68. The van der Waals surface area contributed by atoms with Crippen molar-refractivity contribution in [2.24, 2.45) is 0 Å². The van der Waals surface area contributed by atoms with Crippen molar-refractivity contribution in [1.29, 1.82) is 0 Å². The lowest BCUT2D eigenvalue weighted by Gasteiger charge is -2.07. The van der Waals surface area contributed by atoms with Crippen LogP contribution in [0.1, 0.15) is 37.8 Å². The van der Waals surface area contributed by atoms with E-state index in [1.165, 1.54) is 15.3 Å². The topological polar surface area (TPSA) is 13.1 Å². The van der Waals surface area contributed by atoms with Gasteiger partial charge in [0.1, 0.15) is 11.5 Å². The summed E-state index contributed by atoms with van der Waals surface area (Å²) in [5.41, 5.74) is 2.35. The molecule has 2 rings (SSSR count). The van der Waals surface area contributed by atoms with Crippen LogP contribution in [-0.4, -0.2) is 0 Å². The van der Waals surface area contributed by atoms with Crippen molar-refractivity contribution in [2.75, 3.05) is 0 Å². The molecule has 0 aromatic carbocycles. The van der Waals surface area contributed by atoms with Gasteiger partial charge < -0.3 is 4.42 Å².